The predicted octanol–water partition coefficient (Wildman–Crippen LogP) is 3.21. The molecule has 0 aliphatic heterocycles. The number of carbonyl (C=O) groups excluding carboxylic acids is 1. The van der Waals surface area contributed by atoms with Crippen molar-refractivity contribution in [1.29, 1.82) is 0 Å². The van der Waals surface area contributed by atoms with Gasteiger partial charge in [0.2, 0.25) is 5.91 Å². The van der Waals surface area contributed by atoms with Crippen molar-refractivity contribution in [1.82, 2.24) is 10.6 Å². The quantitative estimate of drug-likeness (QED) is 0.624. The fourth-order valence-electron chi connectivity index (χ4n) is 2.37. The molecule has 0 saturated carbocycles. The summed E-state index contributed by atoms with van der Waals surface area (Å²) in [5.74, 6) is -0.537. The molecule has 27 heavy (non-hydrogen) atoms. The Morgan fingerprint density at radius 2 is 1.70 bits per heavy atom. The average molecular weight is 378 g/mol. The van der Waals surface area contributed by atoms with E-state index in [1.165, 1.54) is 6.07 Å². The van der Waals surface area contributed by atoms with Gasteiger partial charge in [-0.3, -0.25) is 4.79 Å². The van der Waals surface area contributed by atoms with Crippen LogP contribution < -0.4 is 20.1 Å². The van der Waals surface area contributed by atoms with E-state index in [2.05, 4.69) is 10.6 Å². The second-order valence-electron chi connectivity index (χ2n) is 5.88. The van der Waals surface area contributed by atoms with Gasteiger partial charge in [-0.05, 0) is 55.8 Å². The highest BCUT2D eigenvalue weighted by atomic mass is 19.2. The highest BCUT2D eigenvalue weighted by molar-refractivity contribution is 5.78. The lowest BCUT2D eigenvalue weighted by Crippen LogP contribution is -2.37. The second-order valence-corrected chi connectivity index (χ2v) is 5.88. The summed E-state index contributed by atoms with van der Waals surface area (Å²) < 4.78 is 37.1. The summed E-state index contributed by atoms with van der Waals surface area (Å²) in [7, 11) is 0. The molecule has 0 aromatic heterocycles. The van der Waals surface area contributed by atoms with E-state index >= 15 is 0 Å². The summed E-state index contributed by atoms with van der Waals surface area (Å²) in [6.07, 6.45) is 0. The van der Waals surface area contributed by atoms with Crippen LogP contribution in [-0.2, 0) is 4.79 Å². The molecule has 2 aromatic rings. The molecule has 0 unspecified atom stereocenters. The highest BCUT2D eigenvalue weighted by Crippen LogP contribution is 2.17. The van der Waals surface area contributed by atoms with Crippen molar-refractivity contribution in [3.05, 3.63) is 59.7 Å². The van der Waals surface area contributed by atoms with Gasteiger partial charge >= 0.3 is 0 Å². The minimum absolute atomic E-state index is 0.0587. The molecule has 0 aliphatic carbocycles. The summed E-state index contributed by atoms with van der Waals surface area (Å²) in [5, 5.41) is 5.69. The molecule has 2 aromatic carbocycles. The molecular formula is C20H24F2N2O3. The summed E-state index contributed by atoms with van der Waals surface area (Å²) >= 11 is 0. The largest absolute Gasteiger partial charge is 0.494 e. The molecule has 0 heterocycles. The van der Waals surface area contributed by atoms with Gasteiger partial charge in [0.1, 0.15) is 18.1 Å². The van der Waals surface area contributed by atoms with E-state index < -0.39 is 11.6 Å². The lowest BCUT2D eigenvalue weighted by molar-refractivity contribution is -0.120. The first-order valence-corrected chi connectivity index (χ1v) is 8.80. The number of amides is 1. The van der Waals surface area contributed by atoms with E-state index in [0.717, 1.165) is 17.9 Å². The molecule has 1 atom stereocenters. The maximum Gasteiger partial charge on any atom is 0.234 e. The van der Waals surface area contributed by atoms with Crippen LogP contribution in [-0.4, -0.2) is 32.2 Å². The van der Waals surface area contributed by atoms with Crippen molar-refractivity contribution in [2.24, 2.45) is 0 Å². The number of hydrogen-bond acceptors (Lipinski definition) is 4. The third-order valence-corrected chi connectivity index (χ3v) is 3.84. The predicted molar refractivity (Wildman–Crippen MR) is 98.9 cm³/mol. The van der Waals surface area contributed by atoms with Gasteiger partial charge in [-0.1, -0.05) is 6.07 Å². The summed E-state index contributed by atoms with van der Waals surface area (Å²) in [4.78, 5) is 11.8. The van der Waals surface area contributed by atoms with Crippen LogP contribution in [0.25, 0.3) is 0 Å². The van der Waals surface area contributed by atoms with Gasteiger partial charge in [0.05, 0.1) is 19.7 Å². The number of halogens is 2. The number of benzene rings is 2. The Hall–Kier alpha value is -2.67. The van der Waals surface area contributed by atoms with Crippen LogP contribution >= 0.6 is 0 Å². The normalized spacial score (nSPS) is 11.7. The number of nitrogens with one attached hydrogen (secondary N) is 2. The van der Waals surface area contributed by atoms with E-state index in [1.54, 1.807) is 19.1 Å². The monoisotopic (exact) mass is 378 g/mol. The van der Waals surface area contributed by atoms with E-state index in [4.69, 9.17) is 9.47 Å². The molecule has 0 fully saturated rings. The molecular weight excluding hydrogens is 354 g/mol. The maximum atomic E-state index is 13.2. The van der Waals surface area contributed by atoms with Crippen molar-refractivity contribution in [2.75, 3.05) is 26.3 Å². The molecule has 146 valence electrons. The Kier molecular flexibility index (Phi) is 8.00. The summed E-state index contributed by atoms with van der Waals surface area (Å²) in [6.45, 7) is 5.04. The zero-order chi connectivity index (χ0) is 19.6. The van der Waals surface area contributed by atoms with E-state index in [1.807, 2.05) is 19.1 Å². The van der Waals surface area contributed by atoms with E-state index in [9.17, 15) is 13.6 Å². The van der Waals surface area contributed by atoms with Crippen molar-refractivity contribution >= 4 is 5.91 Å². The standard InChI is InChI=1S/C20H24F2N2O3/c1-3-26-16-5-7-17(8-6-16)27-11-10-23-20(25)13-24-14(2)15-4-9-18(21)19(22)12-15/h4-9,12,14,24H,3,10-11,13H2,1-2H3,(H,23,25)/t14-/m1/s1. The zero-order valence-electron chi connectivity index (χ0n) is 15.4. The third kappa shape index (κ3) is 6.86. The van der Waals surface area contributed by atoms with Gasteiger partial charge in [0.15, 0.2) is 11.6 Å². The minimum atomic E-state index is -0.906. The summed E-state index contributed by atoms with van der Waals surface area (Å²) in [6, 6.07) is 10.6. The average Bonchev–Trinajstić information content (AvgIpc) is 2.67. The molecule has 0 saturated heterocycles. The third-order valence-electron chi connectivity index (χ3n) is 3.84. The fourth-order valence-corrected chi connectivity index (χ4v) is 2.37. The molecule has 1 amide bonds. The van der Waals surface area contributed by atoms with Crippen molar-refractivity contribution < 1.29 is 23.0 Å². The van der Waals surface area contributed by atoms with Crippen LogP contribution in [0.4, 0.5) is 8.78 Å². The van der Waals surface area contributed by atoms with Crippen LogP contribution in [0.15, 0.2) is 42.5 Å². The van der Waals surface area contributed by atoms with E-state index in [0.29, 0.717) is 31.1 Å². The smallest absolute Gasteiger partial charge is 0.234 e. The van der Waals surface area contributed by atoms with E-state index in [-0.39, 0.29) is 18.5 Å². The molecule has 2 N–H and O–H groups in total. The van der Waals surface area contributed by atoms with Gasteiger partial charge in [-0.15, -0.1) is 0 Å². The zero-order valence-corrected chi connectivity index (χ0v) is 15.4. The van der Waals surface area contributed by atoms with Gasteiger partial charge in [-0.25, -0.2) is 8.78 Å². The number of carbonyl (C=O) groups is 1. The first-order chi connectivity index (χ1) is 13.0. The lowest BCUT2D eigenvalue weighted by Gasteiger charge is -2.14. The van der Waals surface area contributed by atoms with Crippen LogP contribution in [0, 0.1) is 11.6 Å². The van der Waals surface area contributed by atoms with Crippen molar-refractivity contribution in [2.45, 2.75) is 19.9 Å². The SMILES string of the molecule is CCOc1ccc(OCCNC(=O)CN[C@H](C)c2ccc(F)c(F)c2)cc1. The fraction of sp³-hybridized carbons (Fsp3) is 0.350. The van der Waals surface area contributed by atoms with Crippen LogP contribution in [0.3, 0.4) is 0 Å². The molecule has 0 radical (unpaired) electrons. The first kappa shape index (κ1) is 20.6. The topological polar surface area (TPSA) is 59.6 Å². The second kappa shape index (κ2) is 10.5. The number of ether oxygens (including phenoxy) is 2. The van der Waals surface area contributed by atoms with Crippen molar-refractivity contribution in [3.63, 3.8) is 0 Å². The van der Waals surface area contributed by atoms with Gasteiger partial charge in [0, 0.05) is 6.04 Å². The van der Waals surface area contributed by atoms with Crippen molar-refractivity contribution in [3.8, 4) is 11.5 Å². The first-order valence-electron chi connectivity index (χ1n) is 8.80. The Balaban J connectivity index is 1.64. The van der Waals surface area contributed by atoms with Crippen LogP contribution in [0.2, 0.25) is 0 Å². The Bertz CT molecular complexity index is 739. The molecule has 7 heteroatoms. The van der Waals surface area contributed by atoms with Crippen LogP contribution in [0.1, 0.15) is 25.5 Å². The molecule has 0 spiro atoms. The Morgan fingerprint density at radius 3 is 2.33 bits per heavy atom. The molecule has 0 bridgehead atoms. The molecule has 0 aliphatic rings. The summed E-state index contributed by atoms with van der Waals surface area (Å²) in [5.41, 5.74) is 0.570. The Morgan fingerprint density at radius 1 is 1.04 bits per heavy atom. The molecule has 2 rings (SSSR count). The number of hydrogen-bond donors (Lipinski definition) is 2. The molecule has 5 nitrogen and oxygen atoms in total. The van der Waals surface area contributed by atoms with Gasteiger partial charge in [0.25, 0.3) is 0 Å². The Labute approximate surface area is 157 Å². The highest BCUT2D eigenvalue weighted by Gasteiger charge is 2.10. The number of rotatable bonds is 10. The van der Waals surface area contributed by atoms with Gasteiger partial charge < -0.3 is 20.1 Å². The minimum Gasteiger partial charge on any atom is -0.494 e. The van der Waals surface area contributed by atoms with Gasteiger partial charge in [-0.2, -0.15) is 0 Å². The maximum absolute atomic E-state index is 13.2. The lowest BCUT2D eigenvalue weighted by atomic mass is 10.1. The van der Waals surface area contributed by atoms with Crippen LogP contribution in [0.5, 0.6) is 11.5 Å².